The van der Waals surface area contributed by atoms with Gasteiger partial charge in [-0.05, 0) is 34.1 Å². The van der Waals surface area contributed by atoms with Crippen LogP contribution in [-0.4, -0.2) is 4.92 Å². The van der Waals surface area contributed by atoms with Crippen LogP contribution in [0, 0.1) is 15.9 Å². The third kappa shape index (κ3) is 3.71. The second-order valence-electron chi connectivity index (χ2n) is 4.18. The number of hydrogen-bond donors (Lipinski definition) is 0. The molecule has 0 spiro atoms. The maximum Gasteiger partial charge on any atom is 0.283 e. The van der Waals surface area contributed by atoms with Crippen molar-refractivity contribution < 1.29 is 14.1 Å². The highest BCUT2D eigenvalue weighted by Crippen LogP contribution is 2.30. The highest BCUT2D eigenvalue weighted by atomic mass is 79.9. The molecule has 0 N–H and O–H groups in total. The van der Waals surface area contributed by atoms with Crippen LogP contribution >= 0.6 is 27.5 Å². The van der Waals surface area contributed by atoms with E-state index in [1.54, 1.807) is 12.1 Å². The molecule has 0 radical (unpaired) electrons. The molecule has 0 saturated heterocycles. The van der Waals surface area contributed by atoms with E-state index in [4.69, 9.17) is 16.3 Å². The molecule has 0 aliphatic rings. The largest absolute Gasteiger partial charge is 0.489 e. The zero-order chi connectivity index (χ0) is 15.4. The minimum absolute atomic E-state index is 0.0345. The van der Waals surface area contributed by atoms with Gasteiger partial charge in [0.1, 0.15) is 22.6 Å². The lowest BCUT2D eigenvalue weighted by atomic mass is 10.2. The Bertz CT molecular complexity index is 681. The number of hydrogen-bond acceptors (Lipinski definition) is 3. The molecule has 2 aromatic carbocycles. The standard InChI is InChI=1S/C14H10BrClFNO3/c15-14-9(2-1-3-12(14)18(19)20)8-21-13-5-4-11(17)6-10(13)7-16/h1-6H,7-8H2. The number of alkyl halides is 1. The van der Waals surface area contributed by atoms with E-state index in [1.165, 1.54) is 24.3 Å². The van der Waals surface area contributed by atoms with E-state index in [1.807, 2.05) is 0 Å². The van der Waals surface area contributed by atoms with Gasteiger partial charge in [-0.25, -0.2) is 4.39 Å². The number of nitro benzene ring substituents is 1. The lowest BCUT2D eigenvalue weighted by Crippen LogP contribution is -2.01. The Morgan fingerprint density at radius 1 is 1.29 bits per heavy atom. The average molecular weight is 375 g/mol. The number of nitrogens with zero attached hydrogens (tertiary/aromatic N) is 1. The zero-order valence-electron chi connectivity index (χ0n) is 10.7. The maximum absolute atomic E-state index is 13.1. The quantitative estimate of drug-likeness (QED) is 0.428. The van der Waals surface area contributed by atoms with Crippen LogP contribution < -0.4 is 4.74 Å². The Morgan fingerprint density at radius 2 is 2.05 bits per heavy atom. The first-order valence-corrected chi connectivity index (χ1v) is 7.24. The Labute approximate surface area is 133 Å². The van der Waals surface area contributed by atoms with Gasteiger partial charge >= 0.3 is 0 Å². The first-order chi connectivity index (χ1) is 10.0. The van der Waals surface area contributed by atoms with E-state index in [2.05, 4.69) is 15.9 Å². The molecule has 0 unspecified atom stereocenters. The fourth-order valence-corrected chi connectivity index (χ4v) is 2.50. The van der Waals surface area contributed by atoms with Crippen LogP contribution in [0.2, 0.25) is 0 Å². The molecule has 0 saturated carbocycles. The summed E-state index contributed by atoms with van der Waals surface area (Å²) in [5.41, 5.74) is 1.11. The Morgan fingerprint density at radius 3 is 2.71 bits per heavy atom. The molecular weight excluding hydrogens is 365 g/mol. The molecule has 0 atom stereocenters. The summed E-state index contributed by atoms with van der Waals surface area (Å²) in [6.45, 7) is 0.109. The molecule has 4 nitrogen and oxygen atoms in total. The second kappa shape index (κ2) is 6.87. The van der Waals surface area contributed by atoms with Crippen molar-refractivity contribution in [2.24, 2.45) is 0 Å². The molecule has 7 heteroatoms. The number of benzene rings is 2. The second-order valence-corrected chi connectivity index (χ2v) is 5.24. The summed E-state index contributed by atoms with van der Waals surface area (Å²) in [6.07, 6.45) is 0. The predicted octanol–water partition coefficient (Wildman–Crippen LogP) is 4.81. The first kappa shape index (κ1) is 15.7. The van der Waals surface area contributed by atoms with Crippen LogP contribution in [0.4, 0.5) is 10.1 Å². The van der Waals surface area contributed by atoms with Crippen molar-refractivity contribution in [2.75, 3.05) is 0 Å². The topological polar surface area (TPSA) is 52.4 Å². The van der Waals surface area contributed by atoms with Crippen LogP contribution in [0.3, 0.4) is 0 Å². The highest BCUT2D eigenvalue weighted by Gasteiger charge is 2.15. The summed E-state index contributed by atoms with van der Waals surface area (Å²) in [6, 6.07) is 8.74. The fraction of sp³-hybridized carbons (Fsp3) is 0.143. The molecular formula is C14H10BrClFNO3. The Hall–Kier alpha value is -1.66. The van der Waals surface area contributed by atoms with Crippen molar-refractivity contribution in [3.8, 4) is 5.75 Å². The van der Waals surface area contributed by atoms with E-state index in [9.17, 15) is 14.5 Å². The minimum atomic E-state index is -0.477. The summed E-state index contributed by atoms with van der Waals surface area (Å²) in [7, 11) is 0. The molecule has 21 heavy (non-hydrogen) atoms. The molecule has 2 aromatic rings. The van der Waals surface area contributed by atoms with E-state index in [0.29, 0.717) is 21.3 Å². The van der Waals surface area contributed by atoms with Crippen molar-refractivity contribution in [1.82, 2.24) is 0 Å². The number of nitro groups is 1. The van der Waals surface area contributed by atoms with Gasteiger partial charge in [0.25, 0.3) is 5.69 Å². The Balaban J connectivity index is 2.21. The SMILES string of the molecule is O=[N+]([O-])c1cccc(COc2ccc(F)cc2CCl)c1Br. The van der Waals surface area contributed by atoms with Gasteiger partial charge in [-0.2, -0.15) is 0 Å². The summed E-state index contributed by atoms with van der Waals surface area (Å²) >= 11 is 8.93. The Kier molecular flexibility index (Phi) is 5.14. The van der Waals surface area contributed by atoms with E-state index in [0.717, 1.165) is 0 Å². The van der Waals surface area contributed by atoms with Crippen molar-refractivity contribution in [2.45, 2.75) is 12.5 Å². The van der Waals surface area contributed by atoms with Gasteiger partial charge in [0.15, 0.2) is 0 Å². The number of ether oxygens (including phenoxy) is 1. The monoisotopic (exact) mass is 373 g/mol. The molecule has 2 rings (SSSR count). The van der Waals surface area contributed by atoms with Gasteiger partial charge in [-0.3, -0.25) is 10.1 Å². The van der Waals surface area contributed by atoms with Crippen molar-refractivity contribution in [1.29, 1.82) is 0 Å². The zero-order valence-corrected chi connectivity index (χ0v) is 13.0. The van der Waals surface area contributed by atoms with Gasteiger partial charge < -0.3 is 4.74 Å². The lowest BCUT2D eigenvalue weighted by molar-refractivity contribution is -0.385. The van der Waals surface area contributed by atoms with Crippen LogP contribution in [0.15, 0.2) is 40.9 Å². The number of rotatable bonds is 5. The minimum Gasteiger partial charge on any atom is -0.489 e. The first-order valence-electron chi connectivity index (χ1n) is 5.92. The summed E-state index contributed by atoms with van der Waals surface area (Å²) in [4.78, 5) is 10.4. The van der Waals surface area contributed by atoms with Crippen molar-refractivity contribution in [3.63, 3.8) is 0 Å². The molecule has 0 aromatic heterocycles. The molecule has 0 fully saturated rings. The molecule has 0 bridgehead atoms. The maximum atomic E-state index is 13.1. The third-order valence-corrected chi connectivity index (χ3v) is 4.01. The smallest absolute Gasteiger partial charge is 0.283 e. The molecule has 0 heterocycles. The highest BCUT2D eigenvalue weighted by molar-refractivity contribution is 9.10. The molecule has 110 valence electrons. The summed E-state index contributed by atoms with van der Waals surface area (Å²) < 4.78 is 19.1. The van der Waals surface area contributed by atoms with Crippen LogP contribution in [0.5, 0.6) is 5.75 Å². The van der Waals surface area contributed by atoms with E-state index >= 15 is 0 Å². The lowest BCUT2D eigenvalue weighted by Gasteiger charge is -2.11. The number of halogens is 3. The van der Waals surface area contributed by atoms with Gasteiger partial charge in [-0.15, -0.1) is 11.6 Å². The molecule has 0 aliphatic carbocycles. The van der Waals surface area contributed by atoms with Gasteiger partial charge in [0.05, 0.1) is 10.8 Å². The van der Waals surface area contributed by atoms with Crippen LogP contribution in [-0.2, 0) is 12.5 Å². The third-order valence-electron chi connectivity index (χ3n) is 2.80. The predicted molar refractivity (Wildman–Crippen MR) is 81.1 cm³/mol. The fourth-order valence-electron chi connectivity index (χ4n) is 1.77. The average Bonchev–Trinajstić information content (AvgIpc) is 2.46. The van der Waals surface area contributed by atoms with E-state index < -0.39 is 10.7 Å². The van der Waals surface area contributed by atoms with Crippen molar-refractivity contribution in [3.05, 3.63) is 67.9 Å². The summed E-state index contributed by atoms with van der Waals surface area (Å²) in [5, 5.41) is 10.9. The van der Waals surface area contributed by atoms with E-state index in [-0.39, 0.29) is 18.2 Å². The van der Waals surface area contributed by atoms with Gasteiger partial charge in [0, 0.05) is 17.2 Å². The molecule has 0 amide bonds. The van der Waals surface area contributed by atoms with Crippen LogP contribution in [0.25, 0.3) is 0 Å². The molecule has 0 aliphatic heterocycles. The van der Waals surface area contributed by atoms with Crippen molar-refractivity contribution >= 4 is 33.2 Å². The van der Waals surface area contributed by atoms with Crippen LogP contribution in [0.1, 0.15) is 11.1 Å². The van der Waals surface area contributed by atoms with Gasteiger partial charge in [0.2, 0.25) is 0 Å². The normalized spacial score (nSPS) is 10.4. The summed E-state index contributed by atoms with van der Waals surface area (Å²) in [5.74, 6) is 0.169. The van der Waals surface area contributed by atoms with Gasteiger partial charge in [-0.1, -0.05) is 12.1 Å².